The molecule has 0 aromatic heterocycles. The summed E-state index contributed by atoms with van der Waals surface area (Å²) in [5, 5.41) is 3.50. The lowest BCUT2D eigenvalue weighted by atomic mass is 10.0. The molecule has 0 bridgehead atoms. The fourth-order valence-corrected chi connectivity index (χ4v) is 2.46. The Balaban J connectivity index is 1.71. The van der Waals surface area contributed by atoms with Gasteiger partial charge in [0, 0.05) is 31.7 Å². The van der Waals surface area contributed by atoms with Crippen LogP contribution in [0.2, 0.25) is 0 Å². The first-order valence-corrected chi connectivity index (χ1v) is 6.06. The van der Waals surface area contributed by atoms with Gasteiger partial charge in [0.25, 0.3) is 0 Å². The molecule has 1 aliphatic carbocycles. The number of piperazine rings is 1. The Kier molecular flexibility index (Phi) is 2.65. The zero-order valence-corrected chi connectivity index (χ0v) is 9.32. The van der Waals surface area contributed by atoms with E-state index in [9.17, 15) is 4.39 Å². The highest BCUT2D eigenvalue weighted by atomic mass is 19.1. The zero-order chi connectivity index (χ0) is 11.0. The first-order valence-electron chi connectivity index (χ1n) is 6.06. The summed E-state index contributed by atoms with van der Waals surface area (Å²) in [5.74, 6) is -0.154. The van der Waals surface area contributed by atoms with E-state index in [1.165, 1.54) is 18.4 Å². The fourth-order valence-electron chi connectivity index (χ4n) is 2.46. The summed E-state index contributed by atoms with van der Waals surface area (Å²) < 4.78 is 12.8. The molecule has 2 fully saturated rings. The van der Waals surface area contributed by atoms with Gasteiger partial charge in [-0.05, 0) is 30.5 Å². The van der Waals surface area contributed by atoms with E-state index in [1.807, 2.05) is 12.1 Å². The van der Waals surface area contributed by atoms with E-state index in [0.717, 1.165) is 25.7 Å². The minimum absolute atomic E-state index is 0.154. The van der Waals surface area contributed by atoms with Crippen molar-refractivity contribution in [2.75, 3.05) is 19.6 Å². The highest BCUT2D eigenvalue weighted by Crippen LogP contribution is 2.30. The van der Waals surface area contributed by atoms with Crippen LogP contribution in [0.5, 0.6) is 0 Å². The summed E-state index contributed by atoms with van der Waals surface area (Å²) in [6.07, 6.45) is 2.71. The third-order valence-electron chi connectivity index (χ3n) is 3.54. The van der Waals surface area contributed by atoms with Crippen molar-refractivity contribution < 1.29 is 4.39 Å². The Morgan fingerprint density at radius 1 is 1.19 bits per heavy atom. The molecular weight excluding hydrogens is 203 g/mol. The molecule has 86 valence electrons. The van der Waals surface area contributed by atoms with E-state index in [-0.39, 0.29) is 5.82 Å². The molecule has 2 aliphatic rings. The van der Waals surface area contributed by atoms with Crippen molar-refractivity contribution in [3.63, 3.8) is 0 Å². The molecule has 1 saturated heterocycles. The number of rotatable bonds is 2. The molecule has 3 heteroatoms. The van der Waals surface area contributed by atoms with Crippen molar-refractivity contribution in [2.45, 2.75) is 24.9 Å². The SMILES string of the molecule is Fc1ccc([C@H]2CN(C3CC3)CCN2)cc1. The van der Waals surface area contributed by atoms with Gasteiger partial charge in [-0.3, -0.25) is 4.90 Å². The Labute approximate surface area is 95.4 Å². The minimum atomic E-state index is -0.154. The predicted molar refractivity (Wildman–Crippen MR) is 61.7 cm³/mol. The summed E-state index contributed by atoms with van der Waals surface area (Å²) in [7, 11) is 0. The molecule has 1 aromatic carbocycles. The predicted octanol–water partition coefficient (Wildman–Crippen LogP) is 1.93. The van der Waals surface area contributed by atoms with Gasteiger partial charge in [0.05, 0.1) is 0 Å². The number of nitrogens with one attached hydrogen (secondary N) is 1. The van der Waals surface area contributed by atoms with E-state index < -0.39 is 0 Å². The lowest BCUT2D eigenvalue weighted by Crippen LogP contribution is -2.46. The summed E-state index contributed by atoms with van der Waals surface area (Å²) in [4.78, 5) is 2.56. The maximum atomic E-state index is 12.8. The molecule has 2 nitrogen and oxygen atoms in total. The number of nitrogens with zero attached hydrogens (tertiary/aromatic N) is 1. The molecule has 1 aromatic rings. The van der Waals surface area contributed by atoms with Crippen LogP contribution in [0.4, 0.5) is 4.39 Å². The van der Waals surface area contributed by atoms with Gasteiger partial charge in [-0.1, -0.05) is 12.1 Å². The molecule has 1 N–H and O–H groups in total. The minimum Gasteiger partial charge on any atom is -0.308 e. The van der Waals surface area contributed by atoms with E-state index in [1.54, 1.807) is 12.1 Å². The van der Waals surface area contributed by atoms with Gasteiger partial charge < -0.3 is 5.32 Å². The fraction of sp³-hybridized carbons (Fsp3) is 0.538. The highest BCUT2D eigenvalue weighted by Gasteiger charge is 2.32. The van der Waals surface area contributed by atoms with Crippen LogP contribution in [0.1, 0.15) is 24.4 Å². The monoisotopic (exact) mass is 220 g/mol. The van der Waals surface area contributed by atoms with E-state index in [2.05, 4.69) is 10.2 Å². The van der Waals surface area contributed by atoms with Crippen LogP contribution >= 0.6 is 0 Å². The topological polar surface area (TPSA) is 15.3 Å². The van der Waals surface area contributed by atoms with Crippen molar-refractivity contribution >= 4 is 0 Å². The van der Waals surface area contributed by atoms with Crippen LogP contribution in [0.15, 0.2) is 24.3 Å². The molecule has 0 unspecified atom stereocenters. The van der Waals surface area contributed by atoms with Gasteiger partial charge in [0.1, 0.15) is 5.82 Å². The van der Waals surface area contributed by atoms with Crippen LogP contribution in [0, 0.1) is 5.82 Å². The Morgan fingerprint density at radius 2 is 1.94 bits per heavy atom. The third kappa shape index (κ3) is 2.11. The molecule has 1 heterocycles. The van der Waals surface area contributed by atoms with Gasteiger partial charge >= 0.3 is 0 Å². The highest BCUT2D eigenvalue weighted by molar-refractivity contribution is 5.21. The lowest BCUT2D eigenvalue weighted by molar-refractivity contribution is 0.192. The molecular formula is C13H17FN2. The van der Waals surface area contributed by atoms with Crippen LogP contribution in [-0.4, -0.2) is 30.6 Å². The molecule has 3 rings (SSSR count). The van der Waals surface area contributed by atoms with Gasteiger partial charge in [0.2, 0.25) is 0 Å². The Hall–Kier alpha value is -0.930. The largest absolute Gasteiger partial charge is 0.308 e. The summed E-state index contributed by atoms with van der Waals surface area (Å²) in [6, 6.07) is 8.08. The smallest absolute Gasteiger partial charge is 0.123 e. The molecule has 16 heavy (non-hydrogen) atoms. The Morgan fingerprint density at radius 3 is 2.62 bits per heavy atom. The number of benzene rings is 1. The van der Waals surface area contributed by atoms with Crippen molar-refractivity contribution in [1.29, 1.82) is 0 Å². The second-order valence-electron chi connectivity index (χ2n) is 4.78. The summed E-state index contributed by atoms with van der Waals surface area (Å²) >= 11 is 0. The maximum absolute atomic E-state index is 12.8. The number of hydrogen-bond donors (Lipinski definition) is 1. The molecule has 0 amide bonds. The van der Waals surface area contributed by atoms with Gasteiger partial charge in [-0.15, -0.1) is 0 Å². The van der Waals surface area contributed by atoms with Crippen LogP contribution in [0.3, 0.4) is 0 Å². The second kappa shape index (κ2) is 4.15. The van der Waals surface area contributed by atoms with Gasteiger partial charge in [0.15, 0.2) is 0 Å². The molecule has 1 aliphatic heterocycles. The van der Waals surface area contributed by atoms with Crippen molar-refractivity contribution in [3.8, 4) is 0 Å². The van der Waals surface area contributed by atoms with Crippen LogP contribution < -0.4 is 5.32 Å². The summed E-state index contributed by atoms with van der Waals surface area (Å²) in [5.41, 5.74) is 1.20. The van der Waals surface area contributed by atoms with Crippen LogP contribution in [-0.2, 0) is 0 Å². The molecule has 1 saturated carbocycles. The molecule has 1 atom stereocenters. The van der Waals surface area contributed by atoms with E-state index in [4.69, 9.17) is 0 Å². The van der Waals surface area contributed by atoms with Crippen molar-refractivity contribution in [3.05, 3.63) is 35.6 Å². The quantitative estimate of drug-likeness (QED) is 0.819. The van der Waals surface area contributed by atoms with E-state index >= 15 is 0 Å². The number of halogens is 1. The standard InChI is InChI=1S/C13H17FN2/c14-11-3-1-10(2-4-11)13-9-16(8-7-15-13)12-5-6-12/h1-4,12-13,15H,5-9H2/t13-/m1/s1. The Bertz CT molecular complexity index is 359. The number of hydrogen-bond acceptors (Lipinski definition) is 2. The maximum Gasteiger partial charge on any atom is 0.123 e. The van der Waals surface area contributed by atoms with Crippen molar-refractivity contribution in [2.24, 2.45) is 0 Å². The van der Waals surface area contributed by atoms with Gasteiger partial charge in [-0.25, -0.2) is 4.39 Å². The van der Waals surface area contributed by atoms with Crippen LogP contribution in [0.25, 0.3) is 0 Å². The average molecular weight is 220 g/mol. The lowest BCUT2D eigenvalue weighted by Gasteiger charge is -2.34. The normalized spacial score (nSPS) is 26.9. The van der Waals surface area contributed by atoms with Crippen molar-refractivity contribution in [1.82, 2.24) is 10.2 Å². The van der Waals surface area contributed by atoms with E-state index in [0.29, 0.717) is 6.04 Å². The zero-order valence-electron chi connectivity index (χ0n) is 9.32. The first-order chi connectivity index (χ1) is 7.83. The molecule has 0 spiro atoms. The summed E-state index contributed by atoms with van der Waals surface area (Å²) in [6.45, 7) is 3.26. The second-order valence-corrected chi connectivity index (χ2v) is 4.78. The average Bonchev–Trinajstić information content (AvgIpc) is 3.14. The van der Waals surface area contributed by atoms with Gasteiger partial charge in [-0.2, -0.15) is 0 Å². The molecule has 0 radical (unpaired) electrons. The first kappa shape index (κ1) is 10.2. The third-order valence-corrected chi connectivity index (χ3v) is 3.54.